The predicted octanol–water partition coefficient (Wildman–Crippen LogP) is 3.72. The number of likely N-dealkylation sites (N-methyl/N-ethyl adjacent to an activating group) is 1. The Morgan fingerprint density at radius 3 is 2.32 bits per heavy atom. The molecule has 3 aromatic rings. The van der Waals surface area contributed by atoms with Gasteiger partial charge in [0, 0.05) is 30.2 Å². The number of nitro groups is 1. The van der Waals surface area contributed by atoms with Crippen LogP contribution in [0.2, 0.25) is 0 Å². The molecule has 0 aliphatic rings. The molecule has 0 radical (unpaired) electrons. The molecule has 0 saturated carbocycles. The molecule has 1 N–H and O–H groups in total. The van der Waals surface area contributed by atoms with Crippen molar-refractivity contribution in [2.24, 2.45) is 0 Å². The Morgan fingerprint density at radius 1 is 1.03 bits per heavy atom. The number of non-ortho nitro benzene ring substituents is 1. The summed E-state index contributed by atoms with van der Waals surface area (Å²) in [6, 6.07) is 18.7. The van der Waals surface area contributed by atoms with Gasteiger partial charge in [-0.15, -0.1) is 0 Å². The highest BCUT2D eigenvalue weighted by molar-refractivity contribution is 9.10. The number of hydrogen-bond acceptors (Lipinski definition) is 6. The van der Waals surface area contributed by atoms with E-state index in [9.17, 15) is 28.1 Å². The topological polar surface area (TPSA) is 130 Å². The van der Waals surface area contributed by atoms with Gasteiger partial charge in [0.25, 0.3) is 15.7 Å². The van der Waals surface area contributed by atoms with E-state index < -0.39 is 39.3 Å². The van der Waals surface area contributed by atoms with Crippen LogP contribution in [0.25, 0.3) is 0 Å². The lowest BCUT2D eigenvalue weighted by atomic mass is 10.1. The molecule has 1 atom stereocenters. The second-order valence-corrected chi connectivity index (χ2v) is 10.8. The van der Waals surface area contributed by atoms with Gasteiger partial charge in [-0.05, 0) is 42.8 Å². The lowest BCUT2D eigenvalue weighted by Gasteiger charge is -2.31. The van der Waals surface area contributed by atoms with E-state index in [0.29, 0.717) is 5.56 Å². The van der Waals surface area contributed by atoms with Crippen molar-refractivity contribution in [1.82, 2.24) is 10.2 Å². The Bertz CT molecular complexity index is 1400. The molecule has 0 unspecified atom stereocenters. The number of nitrogens with zero attached hydrogens (tertiary/aromatic N) is 3. The minimum Gasteiger partial charge on any atom is -0.357 e. The van der Waals surface area contributed by atoms with Gasteiger partial charge in [0.15, 0.2) is 0 Å². The van der Waals surface area contributed by atoms with Crippen LogP contribution in [0.3, 0.4) is 0 Å². The van der Waals surface area contributed by atoms with E-state index >= 15 is 0 Å². The molecule has 194 valence electrons. The van der Waals surface area contributed by atoms with Gasteiger partial charge in [-0.1, -0.05) is 52.3 Å². The number of anilines is 1. The molecule has 12 heteroatoms. The van der Waals surface area contributed by atoms with Crippen molar-refractivity contribution in [2.45, 2.75) is 24.4 Å². The number of rotatable bonds is 10. The first kappa shape index (κ1) is 27.8. The summed E-state index contributed by atoms with van der Waals surface area (Å²) < 4.78 is 28.9. The van der Waals surface area contributed by atoms with Gasteiger partial charge in [-0.25, -0.2) is 8.42 Å². The SMILES string of the molecule is CNC(=O)[C@@H](C)N(Cc1cccc(Br)c1)C(=O)CN(c1cccc([N+](=O)[O-])c1)S(=O)(=O)c1ccccc1. The van der Waals surface area contributed by atoms with Crippen molar-refractivity contribution >= 4 is 49.1 Å². The van der Waals surface area contributed by atoms with E-state index in [4.69, 9.17) is 0 Å². The number of nitrogens with one attached hydrogen (secondary N) is 1. The third-order valence-electron chi connectivity index (χ3n) is 5.59. The molecule has 3 aromatic carbocycles. The molecule has 0 heterocycles. The maximum atomic E-state index is 13.7. The number of benzene rings is 3. The monoisotopic (exact) mass is 588 g/mol. The summed E-state index contributed by atoms with van der Waals surface area (Å²) in [7, 11) is -2.86. The normalized spacial score (nSPS) is 11.9. The van der Waals surface area contributed by atoms with Crippen molar-refractivity contribution in [3.8, 4) is 0 Å². The minimum absolute atomic E-state index is 0.0288. The molecule has 0 aliphatic carbocycles. The summed E-state index contributed by atoms with van der Waals surface area (Å²) in [5.74, 6) is -1.10. The molecule has 2 amide bonds. The molecule has 3 rings (SSSR count). The molecule has 37 heavy (non-hydrogen) atoms. The number of amides is 2. The first-order chi connectivity index (χ1) is 17.5. The quantitative estimate of drug-likeness (QED) is 0.284. The number of carbonyl (C=O) groups excluding carboxylic acids is 2. The molecular formula is C25H25BrN4O6S. The van der Waals surface area contributed by atoms with Gasteiger partial charge in [-0.2, -0.15) is 0 Å². The summed E-state index contributed by atoms with van der Waals surface area (Å²) in [6.45, 7) is 0.882. The van der Waals surface area contributed by atoms with Gasteiger partial charge in [0.05, 0.1) is 15.5 Å². The zero-order valence-electron chi connectivity index (χ0n) is 20.1. The standard InChI is InChI=1S/C25H25BrN4O6S/c1-18(25(32)27-2)28(16-19-8-6-9-20(26)14-19)24(31)17-29(21-10-7-11-22(15-21)30(33)34)37(35,36)23-12-4-3-5-13-23/h3-15,18H,16-17H2,1-2H3,(H,27,32)/t18-/m1/s1. The smallest absolute Gasteiger partial charge is 0.271 e. The maximum absolute atomic E-state index is 13.7. The van der Waals surface area contributed by atoms with Crippen molar-refractivity contribution in [3.63, 3.8) is 0 Å². The molecular weight excluding hydrogens is 564 g/mol. The molecule has 0 bridgehead atoms. The Morgan fingerprint density at radius 2 is 1.70 bits per heavy atom. The fourth-order valence-electron chi connectivity index (χ4n) is 3.63. The first-order valence-corrected chi connectivity index (χ1v) is 13.4. The highest BCUT2D eigenvalue weighted by Crippen LogP contribution is 2.27. The summed E-state index contributed by atoms with van der Waals surface area (Å²) in [5.41, 5.74) is 0.329. The average Bonchev–Trinajstić information content (AvgIpc) is 2.89. The molecule has 10 nitrogen and oxygen atoms in total. The van der Waals surface area contributed by atoms with E-state index in [1.807, 2.05) is 6.07 Å². The first-order valence-electron chi connectivity index (χ1n) is 11.1. The average molecular weight is 589 g/mol. The minimum atomic E-state index is -4.30. The summed E-state index contributed by atoms with van der Waals surface area (Å²) in [6.07, 6.45) is 0. The van der Waals surface area contributed by atoms with Crippen molar-refractivity contribution < 1.29 is 22.9 Å². The number of carbonyl (C=O) groups is 2. The van der Waals surface area contributed by atoms with Gasteiger partial charge in [-0.3, -0.25) is 24.0 Å². The third kappa shape index (κ3) is 6.71. The van der Waals surface area contributed by atoms with Crippen molar-refractivity contribution in [2.75, 3.05) is 17.9 Å². The molecule has 0 fully saturated rings. The van der Waals surface area contributed by atoms with Crippen LogP contribution < -0.4 is 9.62 Å². The fourth-order valence-corrected chi connectivity index (χ4v) is 5.51. The van der Waals surface area contributed by atoms with Crippen LogP contribution in [0.4, 0.5) is 11.4 Å². The highest BCUT2D eigenvalue weighted by atomic mass is 79.9. The van der Waals surface area contributed by atoms with Gasteiger partial charge in [0.1, 0.15) is 12.6 Å². The van der Waals surface area contributed by atoms with Gasteiger partial charge in [0.2, 0.25) is 11.8 Å². The molecule has 0 aromatic heterocycles. The van der Waals surface area contributed by atoms with Crippen LogP contribution in [-0.2, 0) is 26.2 Å². The lowest BCUT2D eigenvalue weighted by Crippen LogP contribution is -2.50. The molecule has 0 aliphatic heterocycles. The van der Waals surface area contributed by atoms with Crippen LogP contribution >= 0.6 is 15.9 Å². The highest BCUT2D eigenvalue weighted by Gasteiger charge is 2.32. The second-order valence-electron chi connectivity index (χ2n) is 8.04. The zero-order valence-corrected chi connectivity index (χ0v) is 22.5. The fraction of sp³-hybridized carbons (Fsp3) is 0.200. The maximum Gasteiger partial charge on any atom is 0.271 e. The lowest BCUT2D eigenvalue weighted by molar-refractivity contribution is -0.384. The summed E-state index contributed by atoms with van der Waals surface area (Å²) >= 11 is 3.38. The Kier molecular flexibility index (Phi) is 9.00. The van der Waals surface area contributed by atoms with Crippen molar-refractivity contribution in [3.05, 3.63) is 99.0 Å². The van der Waals surface area contributed by atoms with E-state index in [1.54, 1.807) is 24.3 Å². The number of sulfonamides is 1. The van der Waals surface area contributed by atoms with E-state index in [1.165, 1.54) is 61.3 Å². The number of hydrogen-bond donors (Lipinski definition) is 1. The number of halogens is 1. The van der Waals surface area contributed by atoms with Crippen molar-refractivity contribution in [1.29, 1.82) is 0 Å². The van der Waals surface area contributed by atoms with E-state index in [2.05, 4.69) is 21.2 Å². The second kappa shape index (κ2) is 12.0. The number of nitro benzene ring substituents is 1. The van der Waals surface area contributed by atoms with Gasteiger partial charge >= 0.3 is 0 Å². The molecule has 0 saturated heterocycles. The van der Waals surface area contributed by atoms with E-state index in [-0.39, 0.29) is 22.8 Å². The predicted molar refractivity (Wildman–Crippen MR) is 142 cm³/mol. The van der Waals surface area contributed by atoms with Crippen LogP contribution in [0, 0.1) is 10.1 Å². The zero-order chi connectivity index (χ0) is 27.2. The van der Waals surface area contributed by atoms with Crippen LogP contribution in [0.1, 0.15) is 12.5 Å². The summed E-state index contributed by atoms with van der Waals surface area (Å²) in [4.78, 5) is 38.1. The van der Waals surface area contributed by atoms with Crippen LogP contribution in [0.15, 0.2) is 88.2 Å². The van der Waals surface area contributed by atoms with Crippen LogP contribution in [0.5, 0.6) is 0 Å². The van der Waals surface area contributed by atoms with Crippen LogP contribution in [-0.4, -0.2) is 49.7 Å². The Labute approximate surface area is 223 Å². The van der Waals surface area contributed by atoms with E-state index in [0.717, 1.165) is 14.8 Å². The Balaban J connectivity index is 2.07. The largest absolute Gasteiger partial charge is 0.357 e. The Hall–Kier alpha value is -3.77. The molecule has 0 spiro atoms. The summed E-state index contributed by atoms with van der Waals surface area (Å²) in [5, 5.41) is 13.9. The van der Waals surface area contributed by atoms with Gasteiger partial charge < -0.3 is 10.2 Å². The third-order valence-corrected chi connectivity index (χ3v) is 7.88.